The number of nitrogens with one attached hydrogen (secondary N) is 2. The Hall–Kier alpha value is -2.87. The number of oxazole rings is 1. The minimum atomic E-state index is -3.40. The molecule has 0 aliphatic heterocycles. The van der Waals surface area contributed by atoms with E-state index in [1.807, 2.05) is 0 Å². The van der Waals surface area contributed by atoms with Crippen LogP contribution in [0.4, 0.5) is 11.4 Å². The molecule has 2 N–H and O–H groups in total. The lowest BCUT2D eigenvalue weighted by atomic mass is 10.2. The van der Waals surface area contributed by atoms with Crippen molar-refractivity contribution in [3.63, 3.8) is 0 Å². The Morgan fingerprint density at radius 1 is 1.15 bits per heavy atom. The van der Waals surface area contributed by atoms with Crippen LogP contribution >= 0.6 is 0 Å². The summed E-state index contributed by atoms with van der Waals surface area (Å²) >= 11 is 0. The Morgan fingerprint density at radius 3 is 2.69 bits per heavy atom. The molecule has 0 radical (unpaired) electrons. The van der Waals surface area contributed by atoms with Crippen LogP contribution in [0.3, 0.4) is 0 Å². The van der Waals surface area contributed by atoms with Gasteiger partial charge in [0.1, 0.15) is 5.52 Å². The molecule has 0 saturated heterocycles. The molecular weight excluding hydrogens is 354 g/mol. The molecule has 0 unspecified atom stereocenters. The molecule has 1 aliphatic carbocycles. The molecule has 0 bridgehead atoms. The third kappa shape index (κ3) is 3.70. The largest absolute Gasteiger partial charge is 0.440 e. The summed E-state index contributed by atoms with van der Waals surface area (Å²) < 4.78 is 30.7. The Labute approximate surface area is 150 Å². The first kappa shape index (κ1) is 16.6. The lowest BCUT2D eigenvalue weighted by Crippen LogP contribution is -2.13. The molecule has 4 rings (SSSR count). The number of amides is 1. The summed E-state index contributed by atoms with van der Waals surface area (Å²) in [7, 11) is -3.40. The van der Waals surface area contributed by atoms with Gasteiger partial charge in [-0.05, 0) is 49.2 Å². The molecule has 1 saturated carbocycles. The summed E-state index contributed by atoms with van der Waals surface area (Å²) in [5.41, 5.74) is 2.68. The Balaban J connectivity index is 1.54. The number of benzene rings is 2. The summed E-state index contributed by atoms with van der Waals surface area (Å²) in [5.74, 6) is 0.834. The predicted molar refractivity (Wildman–Crippen MR) is 98.8 cm³/mol. The molecule has 1 amide bonds. The Bertz CT molecular complexity index is 1100. The quantitative estimate of drug-likeness (QED) is 0.716. The van der Waals surface area contributed by atoms with Gasteiger partial charge < -0.3 is 9.73 Å². The number of carbonyl (C=O) groups excluding carboxylic acids is 1. The van der Waals surface area contributed by atoms with Gasteiger partial charge >= 0.3 is 0 Å². The van der Waals surface area contributed by atoms with Crippen LogP contribution in [0.15, 0.2) is 46.9 Å². The number of fused-ring (bicyclic) bond motifs is 1. The zero-order valence-corrected chi connectivity index (χ0v) is 14.8. The molecule has 8 heteroatoms. The maximum Gasteiger partial charge on any atom is 0.255 e. The maximum atomic E-state index is 12.5. The number of sulfonamides is 1. The van der Waals surface area contributed by atoms with E-state index in [9.17, 15) is 13.2 Å². The van der Waals surface area contributed by atoms with Crippen molar-refractivity contribution >= 4 is 38.4 Å². The van der Waals surface area contributed by atoms with Gasteiger partial charge in [-0.25, -0.2) is 13.4 Å². The Kier molecular flexibility index (Phi) is 3.91. The zero-order valence-electron chi connectivity index (χ0n) is 14.0. The van der Waals surface area contributed by atoms with Crippen LogP contribution in [-0.2, 0) is 10.0 Å². The highest BCUT2D eigenvalue weighted by Crippen LogP contribution is 2.40. The fourth-order valence-corrected chi connectivity index (χ4v) is 3.22. The number of carbonyl (C=O) groups is 1. The van der Waals surface area contributed by atoms with Crippen LogP contribution in [-0.4, -0.2) is 25.6 Å². The minimum Gasteiger partial charge on any atom is -0.440 e. The maximum absolute atomic E-state index is 12.5. The normalized spacial score (nSPS) is 14.3. The minimum absolute atomic E-state index is 0.334. The van der Waals surface area contributed by atoms with Crippen molar-refractivity contribution in [3.05, 3.63) is 53.9 Å². The van der Waals surface area contributed by atoms with Crippen LogP contribution in [0, 0.1) is 0 Å². The highest BCUT2D eigenvalue weighted by molar-refractivity contribution is 7.92. The number of hydrogen-bond donors (Lipinski definition) is 2. The highest BCUT2D eigenvalue weighted by atomic mass is 32.2. The number of aromatic nitrogens is 1. The summed E-state index contributed by atoms with van der Waals surface area (Å²) in [6.45, 7) is 0. The zero-order chi connectivity index (χ0) is 18.3. The standard InChI is InChI=1S/C18H17N3O4S/c1-26(23,24)21-14-4-2-3-12(9-14)17(22)19-13-7-8-16-15(10-13)20-18(25-16)11-5-6-11/h2-4,7-11,21H,5-6H2,1H3,(H,19,22). The average molecular weight is 371 g/mol. The van der Waals surface area contributed by atoms with Crippen LogP contribution in [0.25, 0.3) is 11.1 Å². The number of rotatable bonds is 5. The van der Waals surface area contributed by atoms with E-state index in [0.717, 1.165) is 25.0 Å². The van der Waals surface area contributed by atoms with Gasteiger partial charge in [-0.3, -0.25) is 9.52 Å². The second kappa shape index (κ2) is 6.14. The van der Waals surface area contributed by atoms with Gasteiger partial charge in [-0.1, -0.05) is 6.07 Å². The highest BCUT2D eigenvalue weighted by Gasteiger charge is 2.28. The Morgan fingerprint density at radius 2 is 1.96 bits per heavy atom. The SMILES string of the molecule is CS(=O)(=O)Nc1cccc(C(=O)Nc2ccc3oc(C4CC4)nc3c2)c1. The van der Waals surface area contributed by atoms with E-state index in [2.05, 4.69) is 15.0 Å². The van der Waals surface area contributed by atoms with Gasteiger partial charge in [0.25, 0.3) is 5.91 Å². The fraction of sp³-hybridized carbons (Fsp3) is 0.222. The van der Waals surface area contributed by atoms with E-state index < -0.39 is 10.0 Å². The van der Waals surface area contributed by atoms with Crippen molar-refractivity contribution in [1.82, 2.24) is 4.98 Å². The summed E-state index contributed by atoms with van der Waals surface area (Å²) in [4.78, 5) is 16.9. The smallest absolute Gasteiger partial charge is 0.255 e. The van der Waals surface area contributed by atoms with Gasteiger partial charge in [-0.15, -0.1) is 0 Å². The summed E-state index contributed by atoms with van der Waals surface area (Å²) in [6, 6.07) is 11.6. The second-order valence-corrected chi connectivity index (χ2v) is 8.17. The van der Waals surface area contributed by atoms with E-state index in [1.165, 1.54) is 6.07 Å². The van der Waals surface area contributed by atoms with E-state index in [0.29, 0.717) is 34.0 Å². The van der Waals surface area contributed by atoms with Gasteiger partial charge in [0.2, 0.25) is 10.0 Å². The number of nitrogens with zero attached hydrogens (tertiary/aromatic N) is 1. The molecule has 1 heterocycles. The van der Waals surface area contributed by atoms with Crippen LogP contribution < -0.4 is 10.0 Å². The lowest BCUT2D eigenvalue weighted by molar-refractivity contribution is 0.102. The predicted octanol–water partition coefficient (Wildman–Crippen LogP) is 3.33. The molecule has 26 heavy (non-hydrogen) atoms. The molecule has 0 atom stereocenters. The molecule has 1 fully saturated rings. The molecule has 7 nitrogen and oxygen atoms in total. The van der Waals surface area contributed by atoms with E-state index in [1.54, 1.807) is 36.4 Å². The first-order chi connectivity index (χ1) is 12.4. The van der Waals surface area contributed by atoms with Crippen molar-refractivity contribution in [2.75, 3.05) is 16.3 Å². The molecule has 2 aromatic carbocycles. The third-order valence-corrected chi connectivity index (χ3v) is 4.62. The van der Waals surface area contributed by atoms with Crippen LogP contribution in [0.1, 0.15) is 35.0 Å². The molecule has 134 valence electrons. The van der Waals surface area contributed by atoms with E-state index in [-0.39, 0.29) is 5.91 Å². The van der Waals surface area contributed by atoms with Gasteiger partial charge in [-0.2, -0.15) is 0 Å². The van der Waals surface area contributed by atoms with Crippen LogP contribution in [0.5, 0.6) is 0 Å². The molecule has 1 aromatic heterocycles. The van der Waals surface area contributed by atoms with E-state index in [4.69, 9.17) is 4.42 Å². The van der Waals surface area contributed by atoms with Gasteiger partial charge in [0, 0.05) is 22.9 Å². The van der Waals surface area contributed by atoms with Crippen molar-refractivity contribution < 1.29 is 17.6 Å². The molecular formula is C18H17N3O4S. The van der Waals surface area contributed by atoms with Gasteiger partial charge in [0.15, 0.2) is 11.5 Å². The monoisotopic (exact) mass is 371 g/mol. The number of anilines is 2. The first-order valence-electron chi connectivity index (χ1n) is 8.17. The first-order valence-corrected chi connectivity index (χ1v) is 10.1. The van der Waals surface area contributed by atoms with E-state index >= 15 is 0 Å². The molecule has 0 spiro atoms. The van der Waals surface area contributed by atoms with Crippen molar-refractivity contribution in [2.24, 2.45) is 0 Å². The fourth-order valence-electron chi connectivity index (χ4n) is 2.67. The van der Waals surface area contributed by atoms with Crippen molar-refractivity contribution in [2.45, 2.75) is 18.8 Å². The van der Waals surface area contributed by atoms with Crippen molar-refractivity contribution in [3.8, 4) is 0 Å². The van der Waals surface area contributed by atoms with Gasteiger partial charge in [0.05, 0.1) is 6.26 Å². The van der Waals surface area contributed by atoms with Crippen molar-refractivity contribution in [1.29, 1.82) is 0 Å². The number of hydrogen-bond acceptors (Lipinski definition) is 5. The topological polar surface area (TPSA) is 101 Å². The van der Waals surface area contributed by atoms with Crippen LogP contribution in [0.2, 0.25) is 0 Å². The summed E-state index contributed by atoms with van der Waals surface area (Å²) in [5, 5.41) is 2.80. The lowest BCUT2D eigenvalue weighted by Gasteiger charge is -2.08. The second-order valence-electron chi connectivity index (χ2n) is 6.42. The third-order valence-electron chi connectivity index (χ3n) is 4.02. The molecule has 1 aliphatic rings. The molecule has 3 aromatic rings. The average Bonchev–Trinajstić information content (AvgIpc) is 3.33. The summed E-state index contributed by atoms with van der Waals surface area (Å²) in [6.07, 6.45) is 3.27.